The van der Waals surface area contributed by atoms with Crippen LogP contribution in [0.1, 0.15) is 10.4 Å². The molecule has 110 valence electrons. The van der Waals surface area contributed by atoms with Crippen LogP contribution >= 0.6 is 27.5 Å². The number of halogens is 3. The minimum Gasteiger partial charge on any atom is -0.490 e. The Morgan fingerprint density at radius 1 is 1.29 bits per heavy atom. The standard InChI is InChI=1S/C15H12BrClFNO2/c16-11-3-1-2-10(8-11)15(20)19-6-7-21-14-5-4-12(18)9-13(14)17/h1-5,8-9H,6-7H2,(H,19,20). The van der Waals surface area contributed by atoms with Crippen LogP contribution in [0.25, 0.3) is 0 Å². The molecule has 0 unspecified atom stereocenters. The molecular formula is C15H12BrClFNO2. The molecule has 2 aromatic rings. The molecule has 1 N–H and O–H groups in total. The van der Waals surface area contributed by atoms with Gasteiger partial charge in [-0.2, -0.15) is 0 Å². The van der Waals surface area contributed by atoms with Gasteiger partial charge in [0.25, 0.3) is 5.91 Å². The summed E-state index contributed by atoms with van der Waals surface area (Å²) < 4.78 is 19.1. The van der Waals surface area contributed by atoms with Crippen molar-refractivity contribution in [1.82, 2.24) is 5.32 Å². The van der Waals surface area contributed by atoms with Crippen LogP contribution in [0.5, 0.6) is 5.75 Å². The van der Waals surface area contributed by atoms with E-state index in [0.29, 0.717) is 17.9 Å². The monoisotopic (exact) mass is 371 g/mol. The number of ether oxygens (including phenoxy) is 1. The molecule has 0 spiro atoms. The highest BCUT2D eigenvalue weighted by molar-refractivity contribution is 9.10. The molecule has 0 atom stereocenters. The Kier molecular flexibility index (Phi) is 5.59. The summed E-state index contributed by atoms with van der Waals surface area (Å²) in [6.45, 7) is 0.560. The minimum atomic E-state index is -0.421. The molecule has 2 rings (SSSR count). The average Bonchev–Trinajstić information content (AvgIpc) is 2.45. The summed E-state index contributed by atoms with van der Waals surface area (Å²) in [4.78, 5) is 11.9. The number of carbonyl (C=O) groups is 1. The Morgan fingerprint density at radius 3 is 2.81 bits per heavy atom. The molecular weight excluding hydrogens is 361 g/mol. The van der Waals surface area contributed by atoms with Crippen molar-refractivity contribution in [1.29, 1.82) is 0 Å². The van der Waals surface area contributed by atoms with E-state index >= 15 is 0 Å². The van der Waals surface area contributed by atoms with Crippen LogP contribution in [0, 0.1) is 5.82 Å². The molecule has 2 aromatic carbocycles. The highest BCUT2D eigenvalue weighted by Gasteiger charge is 2.06. The van der Waals surface area contributed by atoms with E-state index in [1.165, 1.54) is 18.2 Å². The molecule has 0 aromatic heterocycles. The van der Waals surface area contributed by atoms with Crippen LogP contribution in [0.15, 0.2) is 46.9 Å². The Morgan fingerprint density at radius 2 is 2.10 bits per heavy atom. The van der Waals surface area contributed by atoms with Crippen molar-refractivity contribution >= 4 is 33.4 Å². The Hall–Kier alpha value is -1.59. The third-order valence-electron chi connectivity index (χ3n) is 2.63. The highest BCUT2D eigenvalue weighted by atomic mass is 79.9. The molecule has 0 aliphatic carbocycles. The second kappa shape index (κ2) is 7.43. The fourth-order valence-corrected chi connectivity index (χ4v) is 2.27. The largest absolute Gasteiger partial charge is 0.490 e. The highest BCUT2D eigenvalue weighted by Crippen LogP contribution is 2.24. The first-order valence-corrected chi connectivity index (χ1v) is 7.35. The van der Waals surface area contributed by atoms with Crippen molar-refractivity contribution in [3.63, 3.8) is 0 Å². The SMILES string of the molecule is O=C(NCCOc1ccc(F)cc1Cl)c1cccc(Br)c1. The quantitative estimate of drug-likeness (QED) is 0.804. The number of amides is 1. The van der Waals surface area contributed by atoms with Gasteiger partial charge in [0.05, 0.1) is 11.6 Å². The number of hydrogen-bond acceptors (Lipinski definition) is 2. The van der Waals surface area contributed by atoms with Crippen molar-refractivity contribution in [3.8, 4) is 5.75 Å². The molecule has 6 heteroatoms. The summed E-state index contributed by atoms with van der Waals surface area (Å²) >= 11 is 9.13. The second-order valence-corrected chi connectivity index (χ2v) is 5.51. The number of nitrogens with one attached hydrogen (secondary N) is 1. The van der Waals surface area contributed by atoms with Crippen LogP contribution in [0.3, 0.4) is 0 Å². The van der Waals surface area contributed by atoms with E-state index in [1.807, 2.05) is 6.07 Å². The first-order valence-electron chi connectivity index (χ1n) is 6.18. The maximum Gasteiger partial charge on any atom is 0.251 e. The number of carbonyl (C=O) groups excluding carboxylic acids is 1. The first kappa shape index (κ1) is 15.8. The smallest absolute Gasteiger partial charge is 0.251 e. The number of benzene rings is 2. The van der Waals surface area contributed by atoms with Crippen molar-refractivity contribution in [3.05, 3.63) is 63.3 Å². The van der Waals surface area contributed by atoms with Gasteiger partial charge in [-0.15, -0.1) is 0 Å². The molecule has 1 amide bonds. The summed E-state index contributed by atoms with van der Waals surface area (Å²) in [6, 6.07) is 11.0. The van der Waals surface area contributed by atoms with Crippen molar-refractivity contribution in [2.45, 2.75) is 0 Å². The fourth-order valence-electron chi connectivity index (χ4n) is 1.65. The lowest BCUT2D eigenvalue weighted by Gasteiger charge is -2.09. The van der Waals surface area contributed by atoms with Crippen LogP contribution < -0.4 is 10.1 Å². The molecule has 0 aliphatic rings. The van der Waals surface area contributed by atoms with Gasteiger partial charge >= 0.3 is 0 Å². The third kappa shape index (κ3) is 4.72. The third-order valence-corrected chi connectivity index (χ3v) is 3.41. The predicted octanol–water partition coefficient (Wildman–Crippen LogP) is 4.05. The number of hydrogen-bond donors (Lipinski definition) is 1. The molecule has 0 saturated carbocycles. The maximum atomic E-state index is 12.9. The van der Waals surface area contributed by atoms with Crippen molar-refractivity contribution < 1.29 is 13.9 Å². The number of rotatable bonds is 5. The topological polar surface area (TPSA) is 38.3 Å². The van der Waals surface area contributed by atoms with E-state index in [9.17, 15) is 9.18 Å². The van der Waals surface area contributed by atoms with Gasteiger partial charge in [0.1, 0.15) is 18.2 Å². The lowest BCUT2D eigenvalue weighted by molar-refractivity contribution is 0.0947. The van der Waals surface area contributed by atoms with E-state index in [2.05, 4.69) is 21.2 Å². The van der Waals surface area contributed by atoms with Crippen molar-refractivity contribution in [2.75, 3.05) is 13.2 Å². The Balaban J connectivity index is 1.80. The van der Waals surface area contributed by atoms with E-state index in [0.717, 1.165) is 4.47 Å². The Labute approximate surface area is 135 Å². The zero-order chi connectivity index (χ0) is 15.2. The maximum absolute atomic E-state index is 12.9. The minimum absolute atomic E-state index is 0.190. The normalized spacial score (nSPS) is 10.2. The van der Waals surface area contributed by atoms with E-state index in [-0.39, 0.29) is 17.5 Å². The van der Waals surface area contributed by atoms with Crippen LogP contribution in [0.2, 0.25) is 5.02 Å². The zero-order valence-electron chi connectivity index (χ0n) is 10.9. The average molecular weight is 373 g/mol. The van der Waals surface area contributed by atoms with Crippen LogP contribution in [-0.4, -0.2) is 19.1 Å². The van der Waals surface area contributed by atoms with Gasteiger partial charge in [0, 0.05) is 10.0 Å². The summed E-state index contributed by atoms with van der Waals surface area (Å²) in [6.07, 6.45) is 0. The molecule has 0 saturated heterocycles. The van der Waals surface area contributed by atoms with Gasteiger partial charge in [0.15, 0.2) is 0 Å². The summed E-state index contributed by atoms with van der Waals surface area (Å²) in [5, 5.41) is 2.93. The van der Waals surface area contributed by atoms with E-state index in [4.69, 9.17) is 16.3 Å². The molecule has 3 nitrogen and oxygen atoms in total. The summed E-state index contributed by atoms with van der Waals surface area (Å²) in [5.74, 6) is -0.227. The van der Waals surface area contributed by atoms with Crippen LogP contribution in [0.4, 0.5) is 4.39 Å². The van der Waals surface area contributed by atoms with Crippen LogP contribution in [-0.2, 0) is 0 Å². The molecule has 0 aliphatic heterocycles. The predicted molar refractivity (Wildman–Crippen MR) is 83.4 cm³/mol. The van der Waals surface area contributed by atoms with Gasteiger partial charge in [-0.05, 0) is 36.4 Å². The molecule has 0 bridgehead atoms. The molecule has 0 radical (unpaired) electrons. The van der Waals surface area contributed by atoms with Gasteiger partial charge in [-0.25, -0.2) is 4.39 Å². The lowest BCUT2D eigenvalue weighted by atomic mass is 10.2. The lowest BCUT2D eigenvalue weighted by Crippen LogP contribution is -2.28. The van der Waals surface area contributed by atoms with E-state index in [1.54, 1.807) is 18.2 Å². The van der Waals surface area contributed by atoms with Gasteiger partial charge in [0.2, 0.25) is 0 Å². The second-order valence-electron chi connectivity index (χ2n) is 4.19. The van der Waals surface area contributed by atoms with Gasteiger partial charge in [-0.1, -0.05) is 33.6 Å². The van der Waals surface area contributed by atoms with E-state index < -0.39 is 5.82 Å². The summed E-state index contributed by atoms with van der Waals surface area (Å²) in [7, 11) is 0. The summed E-state index contributed by atoms with van der Waals surface area (Å²) in [5.41, 5.74) is 0.559. The molecule has 0 fully saturated rings. The fraction of sp³-hybridized carbons (Fsp3) is 0.133. The van der Waals surface area contributed by atoms with Crippen molar-refractivity contribution in [2.24, 2.45) is 0 Å². The zero-order valence-corrected chi connectivity index (χ0v) is 13.2. The van der Waals surface area contributed by atoms with Gasteiger partial charge in [-0.3, -0.25) is 4.79 Å². The molecule has 21 heavy (non-hydrogen) atoms. The van der Waals surface area contributed by atoms with Gasteiger partial charge < -0.3 is 10.1 Å². The Bertz CT molecular complexity index is 651. The molecule has 0 heterocycles. The first-order chi connectivity index (χ1) is 10.1.